The molecule has 0 atom stereocenters. The summed E-state index contributed by atoms with van der Waals surface area (Å²) in [6.07, 6.45) is 0. The van der Waals surface area contributed by atoms with E-state index in [2.05, 4.69) is 5.32 Å². The molecule has 26 heavy (non-hydrogen) atoms. The summed E-state index contributed by atoms with van der Waals surface area (Å²) in [7, 11) is 0. The van der Waals surface area contributed by atoms with Crippen molar-refractivity contribution in [3.05, 3.63) is 60.2 Å². The molecule has 2 aromatic carbocycles. The number of hydrogen-bond acceptors (Lipinski definition) is 5. The molecule has 0 spiro atoms. The van der Waals surface area contributed by atoms with Crippen molar-refractivity contribution in [3.63, 3.8) is 0 Å². The topological polar surface area (TPSA) is 73.9 Å². The van der Waals surface area contributed by atoms with Crippen LogP contribution in [0, 0.1) is 0 Å². The number of amides is 1. The summed E-state index contributed by atoms with van der Waals surface area (Å²) < 4.78 is 15.9. The number of benzene rings is 2. The number of hydrogen-bond donors (Lipinski definition) is 1. The Morgan fingerprint density at radius 1 is 0.885 bits per heavy atom. The average molecular weight is 357 g/mol. The fourth-order valence-corrected chi connectivity index (χ4v) is 2.07. The van der Waals surface area contributed by atoms with Gasteiger partial charge in [0.25, 0.3) is 5.91 Å². The second kappa shape index (κ2) is 10.1. The molecule has 0 saturated carbocycles. The minimum absolute atomic E-state index is 0.0000707. The van der Waals surface area contributed by atoms with E-state index >= 15 is 0 Å². The van der Waals surface area contributed by atoms with Gasteiger partial charge in [0.05, 0.1) is 0 Å². The normalized spacial score (nSPS) is 10.3. The van der Waals surface area contributed by atoms with Crippen molar-refractivity contribution in [3.8, 4) is 11.5 Å². The van der Waals surface area contributed by atoms with E-state index in [1.807, 2.05) is 44.2 Å². The van der Waals surface area contributed by atoms with E-state index in [1.165, 1.54) is 0 Å². The highest BCUT2D eigenvalue weighted by Gasteiger charge is 2.09. The van der Waals surface area contributed by atoms with Gasteiger partial charge in [0.1, 0.15) is 18.1 Å². The van der Waals surface area contributed by atoms with Gasteiger partial charge in [0, 0.05) is 6.04 Å². The largest absolute Gasteiger partial charge is 0.489 e. The van der Waals surface area contributed by atoms with E-state index < -0.39 is 5.97 Å². The van der Waals surface area contributed by atoms with Crippen LogP contribution >= 0.6 is 0 Å². The number of carbonyl (C=O) groups excluding carboxylic acids is 2. The lowest BCUT2D eigenvalue weighted by Crippen LogP contribution is -2.34. The molecule has 0 aliphatic carbocycles. The number of esters is 1. The summed E-state index contributed by atoms with van der Waals surface area (Å²) >= 11 is 0. The first-order chi connectivity index (χ1) is 12.5. The van der Waals surface area contributed by atoms with Crippen molar-refractivity contribution >= 4 is 11.9 Å². The van der Waals surface area contributed by atoms with Gasteiger partial charge in [0.2, 0.25) is 0 Å². The summed E-state index contributed by atoms with van der Waals surface area (Å²) in [6, 6.07) is 16.8. The van der Waals surface area contributed by atoms with Crippen LogP contribution in [0.4, 0.5) is 0 Å². The van der Waals surface area contributed by atoms with Gasteiger partial charge in [0.15, 0.2) is 13.2 Å². The number of nitrogens with one attached hydrogen (secondary N) is 1. The van der Waals surface area contributed by atoms with Crippen molar-refractivity contribution in [2.75, 3.05) is 13.2 Å². The van der Waals surface area contributed by atoms with Crippen molar-refractivity contribution in [1.29, 1.82) is 0 Å². The molecule has 0 heterocycles. The van der Waals surface area contributed by atoms with Gasteiger partial charge in [-0.1, -0.05) is 30.3 Å². The molecule has 6 heteroatoms. The molecule has 0 aliphatic rings. The Morgan fingerprint density at radius 3 is 2.12 bits per heavy atom. The fourth-order valence-electron chi connectivity index (χ4n) is 2.07. The zero-order valence-corrected chi connectivity index (χ0v) is 14.9. The molecule has 0 aromatic heterocycles. The van der Waals surface area contributed by atoms with Crippen LogP contribution in [0.3, 0.4) is 0 Å². The second-order valence-corrected chi connectivity index (χ2v) is 5.92. The summed E-state index contributed by atoms with van der Waals surface area (Å²) in [5, 5.41) is 2.63. The highest BCUT2D eigenvalue weighted by atomic mass is 16.6. The first kappa shape index (κ1) is 19.3. The fraction of sp³-hybridized carbons (Fsp3) is 0.300. The molecule has 2 rings (SSSR count). The van der Waals surface area contributed by atoms with Crippen LogP contribution in [0.15, 0.2) is 54.6 Å². The quantitative estimate of drug-likeness (QED) is 0.699. The predicted octanol–water partition coefficient (Wildman–Crippen LogP) is 2.71. The third-order valence-corrected chi connectivity index (χ3v) is 3.24. The maximum atomic E-state index is 11.6. The zero-order valence-electron chi connectivity index (χ0n) is 14.9. The SMILES string of the molecule is CC(C)NC(=O)COC(=O)COc1ccc(OCc2ccccc2)cc1. The van der Waals surface area contributed by atoms with E-state index in [1.54, 1.807) is 24.3 Å². The standard InChI is InChI=1S/C20H23NO5/c1-15(2)21-19(22)13-26-20(23)14-25-18-10-8-17(9-11-18)24-12-16-6-4-3-5-7-16/h3-11,15H,12-14H2,1-2H3,(H,21,22). The van der Waals surface area contributed by atoms with E-state index in [0.29, 0.717) is 18.1 Å². The Kier molecular flexibility index (Phi) is 7.49. The van der Waals surface area contributed by atoms with Crippen LogP contribution in [0.5, 0.6) is 11.5 Å². The van der Waals surface area contributed by atoms with Crippen LogP contribution in [-0.2, 0) is 20.9 Å². The van der Waals surface area contributed by atoms with Gasteiger partial charge in [-0.15, -0.1) is 0 Å². The molecule has 0 saturated heterocycles. The minimum atomic E-state index is -0.603. The molecule has 0 unspecified atom stereocenters. The third-order valence-electron chi connectivity index (χ3n) is 3.24. The molecule has 0 radical (unpaired) electrons. The first-order valence-electron chi connectivity index (χ1n) is 8.37. The molecule has 0 bridgehead atoms. The van der Waals surface area contributed by atoms with Crippen LogP contribution < -0.4 is 14.8 Å². The number of ether oxygens (including phenoxy) is 3. The Balaban J connectivity index is 1.70. The Bertz CT molecular complexity index is 698. The molecule has 6 nitrogen and oxygen atoms in total. The van der Waals surface area contributed by atoms with Crippen molar-refractivity contribution in [1.82, 2.24) is 5.32 Å². The smallest absolute Gasteiger partial charge is 0.344 e. The van der Waals surface area contributed by atoms with Crippen LogP contribution in [-0.4, -0.2) is 31.1 Å². The van der Waals surface area contributed by atoms with Crippen molar-refractivity contribution < 1.29 is 23.8 Å². The maximum absolute atomic E-state index is 11.6. The molecular formula is C20H23NO5. The third kappa shape index (κ3) is 7.25. The molecule has 1 N–H and O–H groups in total. The first-order valence-corrected chi connectivity index (χ1v) is 8.37. The van der Waals surface area contributed by atoms with E-state index in [9.17, 15) is 9.59 Å². The Hall–Kier alpha value is -3.02. The van der Waals surface area contributed by atoms with Gasteiger partial charge in [-0.05, 0) is 43.7 Å². The Morgan fingerprint density at radius 2 is 1.50 bits per heavy atom. The van der Waals surface area contributed by atoms with Crippen molar-refractivity contribution in [2.24, 2.45) is 0 Å². The summed E-state index contributed by atoms with van der Waals surface area (Å²) in [4.78, 5) is 23.0. The van der Waals surface area contributed by atoms with Gasteiger partial charge >= 0.3 is 5.97 Å². The molecule has 0 aliphatic heterocycles. The summed E-state index contributed by atoms with van der Waals surface area (Å²) in [6.45, 7) is 3.56. The van der Waals surface area contributed by atoms with E-state index in [4.69, 9.17) is 14.2 Å². The predicted molar refractivity (Wildman–Crippen MR) is 96.9 cm³/mol. The van der Waals surface area contributed by atoms with Gasteiger partial charge < -0.3 is 19.5 Å². The van der Waals surface area contributed by atoms with Crippen LogP contribution in [0.2, 0.25) is 0 Å². The molecular weight excluding hydrogens is 334 g/mol. The second-order valence-electron chi connectivity index (χ2n) is 5.92. The molecule has 1 amide bonds. The number of carbonyl (C=O) groups is 2. The Labute approximate surface area is 153 Å². The highest BCUT2D eigenvalue weighted by Crippen LogP contribution is 2.18. The number of rotatable bonds is 9. The average Bonchev–Trinajstić information content (AvgIpc) is 2.64. The summed E-state index contributed by atoms with van der Waals surface area (Å²) in [5.41, 5.74) is 1.08. The summed E-state index contributed by atoms with van der Waals surface area (Å²) in [5.74, 6) is 0.274. The van der Waals surface area contributed by atoms with E-state index in [0.717, 1.165) is 5.56 Å². The minimum Gasteiger partial charge on any atom is -0.489 e. The lowest BCUT2D eigenvalue weighted by atomic mass is 10.2. The molecule has 0 fully saturated rings. The molecule has 138 valence electrons. The van der Waals surface area contributed by atoms with Crippen molar-refractivity contribution in [2.45, 2.75) is 26.5 Å². The van der Waals surface area contributed by atoms with E-state index in [-0.39, 0.29) is 25.2 Å². The maximum Gasteiger partial charge on any atom is 0.344 e. The van der Waals surface area contributed by atoms with Crippen LogP contribution in [0.25, 0.3) is 0 Å². The molecule has 2 aromatic rings. The van der Waals surface area contributed by atoms with Crippen LogP contribution in [0.1, 0.15) is 19.4 Å². The highest BCUT2D eigenvalue weighted by molar-refractivity contribution is 5.81. The lowest BCUT2D eigenvalue weighted by Gasteiger charge is -2.10. The van der Waals surface area contributed by atoms with Gasteiger partial charge in [-0.3, -0.25) is 4.79 Å². The lowest BCUT2D eigenvalue weighted by molar-refractivity contribution is -0.150. The zero-order chi connectivity index (χ0) is 18.8. The monoisotopic (exact) mass is 357 g/mol. The van der Waals surface area contributed by atoms with Gasteiger partial charge in [-0.2, -0.15) is 0 Å². The van der Waals surface area contributed by atoms with Gasteiger partial charge in [-0.25, -0.2) is 4.79 Å².